The van der Waals surface area contributed by atoms with Gasteiger partial charge in [0.1, 0.15) is 0 Å². The minimum atomic E-state index is -0.428. The van der Waals surface area contributed by atoms with Gasteiger partial charge in [0.15, 0.2) is 0 Å². The number of carbonyl (C=O) groups is 1. The molecule has 0 aromatic carbocycles. The topological polar surface area (TPSA) is 68.0 Å². The molecule has 0 aliphatic rings. The van der Waals surface area contributed by atoms with Crippen LogP contribution in [0.25, 0.3) is 0 Å². The molecule has 0 saturated heterocycles. The van der Waals surface area contributed by atoms with Crippen molar-refractivity contribution in [2.45, 2.75) is 33.2 Å². The molecule has 1 aromatic rings. The Kier molecular flexibility index (Phi) is 5.10. The van der Waals surface area contributed by atoms with E-state index >= 15 is 0 Å². The number of rotatable bonds is 6. The summed E-state index contributed by atoms with van der Waals surface area (Å²) >= 11 is 0. The molecule has 17 heavy (non-hydrogen) atoms. The molecule has 3 N–H and O–H groups in total. The van der Waals surface area contributed by atoms with Crippen molar-refractivity contribution in [3.63, 3.8) is 0 Å². The predicted octanol–water partition coefficient (Wildman–Crippen LogP) is 1.46. The Labute approximate surface area is 103 Å². The molecule has 1 aromatic heterocycles. The number of pyridine rings is 1. The summed E-state index contributed by atoms with van der Waals surface area (Å²) in [5.41, 5.74) is 6.30. The molecular weight excluding hydrogens is 214 g/mol. The van der Waals surface area contributed by atoms with Crippen molar-refractivity contribution in [2.24, 2.45) is 11.1 Å². The van der Waals surface area contributed by atoms with E-state index in [1.807, 2.05) is 26.0 Å². The summed E-state index contributed by atoms with van der Waals surface area (Å²) in [5.74, 6) is 0.0360. The van der Waals surface area contributed by atoms with Crippen molar-refractivity contribution in [1.29, 1.82) is 0 Å². The molecule has 0 bridgehead atoms. The largest absolute Gasteiger partial charge is 0.351 e. The summed E-state index contributed by atoms with van der Waals surface area (Å²) in [6.07, 6.45) is 4.99. The van der Waals surface area contributed by atoms with E-state index in [0.717, 1.165) is 18.4 Å². The minimum absolute atomic E-state index is 0.0360. The van der Waals surface area contributed by atoms with Crippen LogP contribution in [0, 0.1) is 5.41 Å². The third kappa shape index (κ3) is 3.27. The van der Waals surface area contributed by atoms with E-state index in [0.29, 0.717) is 13.1 Å². The van der Waals surface area contributed by atoms with E-state index in [9.17, 15) is 4.79 Å². The maximum Gasteiger partial charge on any atom is 0.227 e. The van der Waals surface area contributed by atoms with Gasteiger partial charge in [0.2, 0.25) is 5.91 Å². The first kappa shape index (κ1) is 13.6. The van der Waals surface area contributed by atoms with Gasteiger partial charge < -0.3 is 11.1 Å². The second kappa shape index (κ2) is 6.35. The molecule has 4 nitrogen and oxygen atoms in total. The highest BCUT2D eigenvalue weighted by Gasteiger charge is 2.32. The van der Waals surface area contributed by atoms with Crippen LogP contribution in [0.5, 0.6) is 0 Å². The molecule has 0 spiro atoms. The van der Waals surface area contributed by atoms with E-state index in [2.05, 4.69) is 10.3 Å². The molecule has 0 radical (unpaired) electrons. The summed E-state index contributed by atoms with van der Waals surface area (Å²) in [6.45, 7) is 4.90. The Hall–Kier alpha value is -1.42. The van der Waals surface area contributed by atoms with Gasteiger partial charge in [-0.3, -0.25) is 9.78 Å². The van der Waals surface area contributed by atoms with Crippen molar-refractivity contribution in [3.8, 4) is 0 Å². The van der Waals surface area contributed by atoms with Gasteiger partial charge in [0.05, 0.1) is 5.41 Å². The monoisotopic (exact) mass is 235 g/mol. The van der Waals surface area contributed by atoms with Gasteiger partial charge in [-0.25, -0.2) is 0 Å². The Morgan fingerprint density at radius 3 is 2.65 bits per heavy atom. The lowest BCUT2D eigenvalue weighted by atomic mass is 9.81. The number of hydrogen-bond donors (Lipinski definition) is 2. The van der Waals surface area contributed by atoms with Gasteiger partial charge in [-0.2, -0.15) is 0 Å². The highest BCUT2D eigenvalue weighted by atomic mass is 16.2. The molecule has 4 heteroatoms. The van der Waals surface area contributed by atoms with Crippen LogP contribution >= 0.6 is 0 Å². The lowest BCUT2D eigenvalue weighted by molar-refractivity contribution is -0.131. The average molecular weight is 235 g/mol. The van der Waals surface area contributed by atoms with Crippen LogP contribution in [-0.4, -0.2) is 17.4 Å². The maximum atomic E-state index is 12.1. The van der Waals surface area contributed by atoms with E-state index in [1.54, 1.807) is 12.4 Å². The Bertz CT molecular complexity index is 339. The van der Waals surface area contributed by atoms with Crippen LogP contribution in [0.15, 0.2) is 24.5 Å². The SMILES string of the molecule is CCC(CC)(CN)C(=O)NCc1cccnc1. The van der Waals surface area contributed by atoms with Crippen LogP contribution in [0.1, 0.15) is 32.3 Å². The molecule has 94 valence electrons. The zero-order valence-electron chi connectivity index (χ0n) is 10.6. The molecule has 0 aliphatic heterocycles. The van der Waals surface area contributed by atoms with Gasteiger partial charge in [-0.1, -0.05) is 19.9 Å². The molecule has 0 atom stereocenters. The summed E-state index contributed by atoms with van der Waals surface area (Å²) in [7, 11) is 0. The molecule has 0 unspecified atom stereocenters. The highest BCUT2D eigenvalue weighted by molar-refractivity contribution is 5.82. The average Bonchev–Trinajstić information content (AvgIpc) is 2.40. The van der Waals surface area contributed by atoms with Crippen molar-refractivity contribution < 1.29 is 4.79 Å². The lowest BCUT2D eigenvalue weighted by Gasteiger charge is -2.28. The van der Waals surface area contributed by atoms with Crippen LogP contribution in [0.4, 0.5) is 0 Å². The zero-order valence-corrected chi connectivity index (χ0v) is 10.6. The van der Waals surface area contributed by atoms with E-state index in [-0.39, 0.29) is 5.91 Å². The molecule has 0 fully saturated rings. The van der Waals surface area contributed by atoms with Crippen molar-refractivity contribution in [3.05, 3.63) is 30.1 Å². The van der Waals surface area contributed by atoms with E-state index in [1.165, 1.54) is 0 Å². The Balaban J connectivity index is 2.60. The van der Waals surface area contributed by atoms with Crippen molar-refractivity contribution in [2.75, 3.05) is 6.54 Å². The molecule has 0 aliphatic carbocycles. The van der Waals surface area contributed by atoms with Gasteiger partial charge in [0.25, 0.3) is 0 Å². The van der Waals surface area contributed by atoms with Crippen molar-refractivity contribution in [1.82, 2.24) is 10.3 Å². The Morgan fingerprint density at radius 1 is 1.47 bits per heavy atom. The lowest BCUT2D eigenvalue weighted by Crippen LogP contribution is -2.45. The summed E-state index contributed by atoms with van der Waals surface area (Å²) < 4.78 is 0. The third-order valence-electron chi connectivity index (χ3n) is 3.40. The molecule has 1 heterocycles. The number of nitrogens with zero attached hydrogens (tertiary/aromatic N) is 1. The Morgan fingerprint density at radius 2 is 2.18 bits per heavy atom. The summed E-state index contributed by atoms with van der Waals surface area (Å²) in [5, 5.41) is 2.93. The van der Waals surface area contributed by atoms with E-state index < -0.39 is 5.41 Å². The maximum absolute atomic E-state index is 12.1. The number of nitrogens with one attached hydrogen (secondary N) is 1. The standard InChI is InChI=1S/C13H21N3O/c1-3-13(4-2,10-14)12(17)16-9-11-6-5-7-15-8-11/h5-8H,3-4,9-10,14H2,1-2H3,(H,16,17). The van der Waals surface area contributed by atoms with Crippen LogP contribution < -0.4 is 11.1 Å². The van der Waals surface area contributed by atoms with Gasteiger partial charge >= 0.3 is 0 Å². The summed E-state index contributed by atoms with van der Waals surface area (Å²) in [4.78, 5) is 16.1. The highest BCUT2D eigenvalue weighted by Crippen LogP contribution is 2.24. The van der Waals surface area contributed by atoms with Crippen LogP contribution in [0.3, 0.4) is 0 Å². The first-order valence-corrected chi connectivity index (χ1v) is 6.05. The normalized spacial score (nSPS) is 11.2. The number of nitrogens with two attached hydrogens (primary N) is 1. The first-order valence-electron chi connectivity index (χ1n) is 6.05. The summed E-state index contributed by atoms with van der Waals surface area (Å²) in [6, 6.07) is 3.80. The fraction of sp³-hybridized carbons (Fsp3) is 0.538. The van der Waals surface area contributed by atoms with Crippen molar-refractivity contribution >= 4 is 5.91 Å². The first-order chi connectivity index (χ1) is 8.18. The number of aromatic nitrogens is 1. The number of hydrogen-bond acceptors (Lipinski definition) is 3. The number of amides is 1. The fourth-order valence-corrected chi connectivity index (χ4v) is 1.83. The van der Waals surface area contributed by atoms with Crippen LogP contribution in [0.2, 0.25) is 0 Å². The second-order valence-electron chi connectivity index (χ2n) is 4.24. The number of carbonyl (C=O) groups excluding carboxylic acids is 1. The van der Waals surface area contributed by atoms with Gasteiger partial charge in [-0.15, -0.1) is 0 Å². The van der Waals surface area contributed by atoms with Gasteiger partial charge in [0, 0.05) is 25.5 Å². The minimum Gasteiger partial charge on any atom is -0.351 e. The molecule has 1 rings (SSSR count). The molecular formula is C13H21N3O. The van der Waals surface area contributed by atoms with Crippen LogP contribution in [-0.2, 0) is 11.3 Å². The van der Waals surface area contributed by atoms with Gasteiger partial charge in [-0.05, 0) is 24.5 Å². The molecule has 0 saturated carbocycles. The quantitative estimate of drug-likeness (QED) is 0.784. The molecule has 1 amide bonds. The third-order valence-corrected chi connectivity index (χ3v) is 3.40. The fourth-order valence-electron chi connectivity index (χ4n) is 1.83. The zero-order chi connectivity index (χ0) is 12.7. The smallest absolute Gasteiger partial charge is 0.227 e. The second-order valence-corrected chi connectivity index (χ2v) is 4.24. The van der Waals surface area contributed by atoms with E-state index in [4.69, 9.17) is 5.73 Å². The predicted molar refractivity (Wildman–Crippen MR) is 68.2 cm³/mol.